The number of hydrogen-bond acceptors (Lipinski definition) is 5. The first-order valence-electron chi connectivity index (χ1n) is 9.44. The second-order valence-corrected chi connectivity index (χ2v) is 6.47. The summed E-state index contributed by atoms with van der Waals surface area (Å²) in [4.78, 5) is 12.4. The number of amides is 1. The zero-order valence-corrected chi connectivity index (χ0v) is 17.3. The highest BCUT2D eigenvalue weighted by atomic mass is 16.5. The molecule has 0 saturated carbocycles. The summed E-state index contributed by atoms with van der Waals surface area (Å²) in [6.45, 7) is 1.07. The summed E-state index contributed by atoms with van der Waals surface area (Å²) in [5.74, 6) is 1.50. The first-order valence-corrected chi connectivity index (χ1v) is 9.44. The molecule has 2 aromatic carbocycles. The number of methoxy groups -OCH3 is 3. The number of ether oxygens (including phenoxy) is 3. The maximum Gasteiger partial charge on any atom is 0.244 e. The maximum absolute atomic E-state index is 12.4. The van der Waals surface area contributed by atoms with Gasteiger partial charge in [0.1, 0.15) is 5.75 Å². The Kier molecular flexibility index (Phi) is 7.10. The van der Waals surface area contributed by atoms with Crippen LogP contribution in [0.15, 0.2) is 60.9 Å². The second-order valence-electron chi connectivity index (χ2n) is 6.47. The number of hydrogen-bond donors (Lipinski definition) is 1. The number of aromatic nitrogens is 2. The van der Waals surface area contributed by atoms with Crippen LogP contribution in [0.25, 0.3) is 6.08 Å². The highest BCUT2D eigenvalue weighted by molar-refractivity contribution is 5.92. The minimum atomic E-state index is -0.208. The van der Waals surface area contributed by atoms with E-state index < -0.39 is 0 Å². The average molecular weight is 407 g/mol. The smallest absolute Gasteiger partial charge is 0.244 e. The lowest BCUT2D eigenvalue weighted by atomic mass is 10.1. The summed E-state index contributed by atoms with van der Waals surface area (Å²) >= 11 is 0. The van der Waals surface area contributed by atoms with E-state index in [1.165, 1.54) is 6.08 Å². The summed E-state index contributed by atoms with van der Waals surface area (Å²) in [6, 6.07) is 13.3. The lowest BCUT2D eigenvalue weighted by Gasteiger charge is -2.12. The minimum Gasteiger partial charge on any atom is -0.496 e. The Labute approximate surface area is 175 Å². The molecule has 0 unspecified atom stereocenters. The van der Waals surface area contributed by atoms with E-state index in [0.29, 0.717) is 35.9 Å². The summed E-state index contributed by atoms with van der Waals surface area (Å²) in [6.07, 6.45) is 6.82. The molecular weight excluding hydrogens is 382 g/mol. The summed E-state index contributed by atoms with van der Waals surface area (Å²) < 4.78 is 17.8. The van der Waals surface area contributed by atoms with Gasteiger partial charge in [-0.3, -0.25) is 9.48 Å². The topological polar surface area (TPSA) is 74.6 Å². The lowest BCUT2D eigenvalue weighted by molar-refractivity contribution is -0.116. The van der Waals surface area contributed by atoms with Crippen molar-refractivity contribution in [3.63, 3.8) is 0 Å². The van der Waals surface area contributed by atoms with Crippen LogP contribution < -0.4 is 19.5 Å². The molecule has 1 aromatic heterocycles. The molecule has 1 heterocycles. The Bertz CT molecular complexity index is 1010. The van der Waals surface area contributed by atoms with Gasteiger partial charge in [-0.05, 0) is 29.3 Å². The largest absolute Gasteiger partial charge is 0.496 e. The van der Waals surface area contributed by atoms with E-state index >= 15 is 0 Å². The molecular formula is C23H25N3O4. The molecule has 156 valence electrons. The van der Waals surface area contributed by atoms with Gasteiger partial charge in [0, 0.05) is 36.6 Å². The van der Waals surface area contributed by atoms with Crippen molar-refractivity contribution in [2.24, 2.45) is 0 Å². The number of nitrogens with zero attached hydrogens (tertiary/aromatic N) is 2. The number of carbonyl (C=O) groups excluding carboxylic acids is 1. The molecule has 0 spiro atoms. The van der Waals surface area contributed by atoms with Crippen LogP contribution in [-0.2, 0) is 17.9 Å². The number of benzene rings is 2. The molecule has 0 saturated heterocycles. The van der Waals surface area contributed by atoms with Crippen LogP contribution in [-0.4, -0.2) is 37.0 Å². The van der Waals surface area contributed by atoms with Crippen molar-refractivity contribution in [2.75, 3.05) is 21.3 Å². The first kappa shape index (κ1) is 21.0. The third-order valence-electron chi connectivity index (χ3n) is 4.61. The van der Waals surface area contributed by atoms with Crippen LogP contribution >= 0.6 is 0 Å². The van der Waals surface area contributed by atoms with Crippen molar-refractivity contribution >= 4 is 12.0 Å². The number of nitrogens with one attached hydrogen (secondary N) is 1. The zero-order chi connectivity index (χ0) is 21.3. The van der Waals surface area contributed by atoms with Gasteiger partial charge in [0.15, 0.2) is 11.5 Å². The van der Waals surface area contributed by atoms with Crippen molar-refractivity contribution in [1.29, 1.82) is 0 Å². The van der Waals surface area contributed by atoms with Crippen molar-refractivity contribution in [1.82, 2.24) is 15.1 Å². The van der Waals surface area contributed by atoms with Crippen LogP contribution in [0.1, 0.15) is 16.7 Å². The van der Waals surface area contributed by atoms with E-state index in [1.807, 2.05) is 41.2 Å². The van der Waals surface area contributed by atoms with E-state index in [9.17, 15) is 4.79 Å². The molecule has 3 rings (SSSR count). The fourth-order valence-corrected chi connectivity index (χ4v) is 3.04. The molecule has 0 bridgehead atoms. The zero-order valence-electron chi connectivity index (χ0n) is 17.3. The molecule has 1 amide bonds. The van der Waals surface area contributed by atoms with Crippen LogP contribution in [0.3, 0.4) is 0 Å². The van der Waals surface area contributed by atoms with Crippen LogP contribution in [0.2, 0.25) is 0 Å². The second kappa shape index (κ2) is 10.2. The molecule has 0 radical (unpaired) electrons. The Balaban J connectivity index is 1.68. The number of rotatable bonds is 9. The van der Waals surface area contributed by atoms with Crippen LogP contribution in [0, 0.1) is 0 Å². The van der Waals surface area contributed by atoms with Crippen molar-refractivity contribution in [3.8, 4) is 17.2 Å². The Morgan fingerprint density at radius 1 is 1.00 bits per heavy atom. The normalized spacial score (nSPS) is 10.8. The molecule has 1 N–H and O–H groups in total. The molecule has 0 aliphatic rings. The molecule has 30 heavy (non-hydrogen) atoms. The Morgan fingerprint density at radius 3 is 2.37 bits per heavy atom. The Morgan fingerprint density at radius 2 is 1.70 bits per heavy atom. The standard InChI is InChI=1S/C23H25N3O4/c1-28-20-14-22(30-3)21(29-2)13-17(20)9-10-23(27)24-15-18-7-4-5-8-19(18)16-26-12-6-11-25-26/h4-14H,15-16H2,1-3H3,(H,24,27)/b10-9+. The lowest BCUT2D eigenvalue weighted by Crippen LogP contribution is -2.21. The quantitative estimate of drug-likeness (QED) is 0.551. The predicted octanol–water partition coefficient (Wildman–Crippen LogP) is 3.29. The van der Waals surface area contributed by atoms with Gasteiger partial charge in [0.05, 0.1) is 27.9 Å². The molecule has 0 fully saturated rings. The Hall–Kier alpha value is -3.74. The summed E-state index contributed by atoms with van der Waals surface area (Å²) in [7, 11) is 4.69. The molecule has 7 heteroatoms. The van der Waals surface area contributed by atoms with Gasteiger partial charge >= 0.3 is 0 Å². The van der Waals surface area contributed by atoms with Crippen LogP contribution in [0.4, 0.5) is 0 Å². The van der Waals surface area contributed by atoms with Crippen LogP contribution in [0.5, 0.6) is 17.2 Å². The van der Waals surface area contributed by atoms with Gasteiger partial charge in [0.2, 0.25) is 5.91 Å². The molecule has 0 atom stereocenters. The van der Waals surface area contributed by atoms with E-state index in [0.717, 1.165) is 11.1 Å². The molecule has 0 aliphatic heterocycles. The van der Waals surface area contributed by atoms with E-state index in [1.54, 1.807) is 45.7 Å². The third kappa shape index (κ3) is 5.20. The summed E-state index contributed by atoms with van der Waals surface area (Å²) in [5, 5.41) is 7.17. The third-order valence-corrected chi connectivity index (χ3v) is 4.61. The van der Waals surface area contributed by atoms with Gasteiger partial charge < -0.3 is 19.5 Å². The molecule has 0 aliphatic carbocycles. The van der Waals surface area contributed by atoms with Gasteiger partial charge in [-0.15, -0.1) is 0 Å². The van der Waals surface area contributed by atoms with E-state index in [4.69, 9.17) is 14.2 Å². The first-order chi connectivity index (χ1) is 14.6. The number of carbonyl (C=O) groups is 1. The highest BCUT2D eigenvalue weighted by Gasteiger charge is 2.10. The predicted molar refractivity (Wildman–Crippen MR) is 115 cm³/mol. The maximum atomic E-state index is 12.4. The fraction of sp³-hybridized carbons (Fsp3) is 0.217. The van der Waals surface area contributed by atoms with Gasteiger partial charge in [-0.25, -0.2) is 0 Å². The van der Waals surface area contributed by atoms with Gasteiger partial charge in [0.25, 0.3) is 0 Å². The summed E-state index contributed by atoms with van der Waals surface area (Å²) in [5.41, 5.74) is 2.86. The monoisotopic (exact) mass is 407 g/mol. The highest BCUT2D eigenvalue weighted by Crippen LogP contribution is 2.35. The van der Waals surface area contributed by atoms with Crippen molar-refractivity contribution in [3.05, 3.63) is 77.6 Å². The van der Waals surface area contributed by atoms with Gasteiger partial charge in [-0.1, -0.05) is 24.3 Å². The van der Waals surface area contributed by atoms with Crippen molar-refractivity contribution in [2.45, 2.75) is 13.1 Å². The molecule has 7 nitrogen and oxygen atoms in total. The van der Waals surface area contributed by atoms with Crippen molar-refractivity contribution < 1.29 is 19.0 Å². The van der Waals surface area contributed by atoms with Gasteiger partial charge in [-0.2, -0.15) is 5.10 Å². The fourth-order valence-electron chi connectivity index (χ4n) is 3.04. The average Bonchev–Trinajstić information content (AvgIpc) is 3.29. The van der Waals surface area contributed by atoms with E-state index in [-0.39, 0.29) is 5.91 Å². The minimum absolute atomic E-state index is 0.208. The SMILES string of the molecule is COc1cc(OC)c(OC)cc1/C=C/C(=O)NCc1ccccc1Cn1cccn1. The van der Waals surface area contributed by atoms with E-state index in [2.05, 4.69) is 10.4 Å². The molecule has 3 aromatic rings.